The van der Waals surface area contributed by atoms with Crippen LogP contribution in [0.4, 0.5) is 0 Å². The van der Waals surface area contributed by atoms with Gasteiger partial charge in [0, 0.05) is 48.7 Å². The SMILES string of the molecule is O=C(CCc1cccnc1)N1C2CCC1CC(O)(Cn1ccc3ccncc31)C2. The van der Waals surface area contributed by atoms with Crippen LogP contribution in [0.3, 0.4) is 0 Å². The predicted molar refractivity (Wildman–Crippen MR) is 110 cm³/mol. The average Bonchev–Trinajstić information content (AvgIpc) is 3.26. The number of aryl methyl sites for hydroxylation is 1. The van der Waals surface area contributed by atoms with Gasteiger partial charge in [0.25, 0.3) is 0 Å². The molecule has 2 saturated heterocycles. The smallest absolute Gasteiger partial charge is 0.223 e. The van der Waals surface area contributed by atoms with Crippen molar-refractivity contribution >= 4 is 16.8 Å². The summed E-state index contributed by atoms with van der Waals surface area (Å²) in [6.07, 6.45) is 13.7. The molecule has 1 amide bonds. The van der Waals surface area contributed by atoms with Gasteiger partial charge in [-0.25, -0.2) is 0 Å². The van der Waals surface area contributed by atoms with E-state index in [1.165, 1.54) is 0 Å². The summed E-state index contributed by atoms with van der Waals surface area (Å²) in [5.41, 5.74) is 1.35. The maximum atomic E-state index is 12.9. The molecule has 0 aliphatic carbocycles. The molecule has 1 N–H and O–H groups in total. The van der Waals surface area contributed by atoms with Crippen LogP contribution in [0.15, 0.2) is 55.2 Å². The molecule has 0 saturated carbocycles. The van der Waals surface area contributed by atoms with Crippen LogP contribution in [-0.4, -0.2) is 48.1 Å². The van der Waals surface area contributed by atoms with Gasteiger partial charge in [-0.3, -0.25) is 14.8 Å². The Morgan fingerprint density at radius 2 is 1.90 bits per heavy atom. The average molecular weight is 390 g/mol. The molecule has 150 valence electrons. The normalized spacial score (nSPS) is 26.2. The zero-order valence-electron chi connectivity index (χ0n) is 16.4. The Labute approximate surface area is 170 Å². The minimum Gasteiger partial charge on any atom is -0.388 e. The van der Waals surface area contributed by atoms with Crippen molar-refractivity contribution in [2.75, 3.05) is 0 Å². The van der Waals surface area contributed by atoms with Crippen molar-refractivity contribution in [3.63, 3.8) is 0 Å². The fourth-order valence-electron chi connectivity index (χ4n) is 5.27. The molecule has 0 aromatic carbocycles. The first kappa shape index (κ1) is 18.3. The summed E-state index contributed by atoms with van der Waals surface area (Å²) >= 11 is 0. The Balaban J connectivity index is 1.27. The maximum absolute atomic E-state index is 12.9. The number of pyridine rings is 2. The van der Waals surface area contributed by atoms with Gasteiger partial charge in [-0.15, -0.1) is 0 Å². The molecule has 2 unspecified atom stereocenters. The van der Waals surface area contributed by atoms with Gasteiger partial charge in [0.2, 0.25) is 5.91 Å². The minimum atomic E-state index is -0.784. The van der Waals surface area contributed by atoms with Crippen LogP contribution in [0.5, 0.6) is 0 Å². The van der Waals surface area contributed by atoms with Crippen LogP contribution in [0.25, 0.3) is 10.9 Å². The fraction of sp³-hybridized carbons (Fsp3) is 0.435. The van der Waals surface area contributed by atoms with Crippen LogP contribution in [0, 0.1) is 0 Å². The van der Waals surface area contributed by atoms with Crippen LogP contribution < -0.4 is 0 Å². The third kappa shape index (κ3) is 3.53. The number of rotatable bonds is 5. The number of hydrogen-bond acceptors (Lipinski definition) is 4. The lowest BCUT2D eigenvalue weighted by Gasteiger charge is -2.44. The number of aliphatic hydroxyl groups is 1. The van der Waals surface area contributed by atoms with E-state index in [9.17, 15) is 9.90 Å². The predicted octanol–water partition coefficient (Wildman–Crippen LogP) is 2.95. The standard InChI is InChI=1S/C23H26N4O2/c28-22(6-3-17-2-1-9-24-14-17)27-19-4-5-20(27)13-23(29,12-19)16-26-11-8-18-7-10-25-15-21(18)26/h1-2,7-11,14-15,19-20,29H,3-6,12-13,16H2. The first-order chi connectivity index (χ1) is 14.1. The Morgan fingerprint density at radius 1 is 1.10 bits per heavy atom. The molecular weight excluding hydrogens is 364 g/mol. The molecule has 3 aromatic rings. The highest BCUT2D eigenvalue weighted by molar-refractivity contribution is 5.79. The van der Waals surface area contributed by atoms with Gasteiger partial charge < -0.3 is 14.6 Å². The van der Waals surface area contributed by atoms with Gasteiger partial charge in [0.05, 0.1) is 23.9 Å². The molecule has 29 heavy (non-hydrogen) atoms. The van der Waals surface area contributed by atoms with E-state index >= 15 is 0 Å². The van der Waals surface area contributed by atoms with Gasteiger partial charge in [-0.05, 0) is 55.9 Å². The second kappa shape index (κ2) is 7.26. The third-order valence-corrected chi connectivity index (χ3v) is 6.53. The van der Waals surface area contributed by atoms with E-state index in [0.717, 1.165) is 35.7 Å². The first-order valence-electron chi connectivity index (χ1n) is 10.4. The minimum absolute atomic E-state index is 0.139. The Bertz CT molecular complexity index is 1000. The molecule has 2 bridgehead atoms. The monoisotopic (exact) mass is 390 g/mol. The quantitative estimate of drug-likeness (QED) is 0.727. The van der Waals surface area contributed by atoms with Crippen LogP contribution >= 0.6 is 0 Å². The van der Waals surface area contributed by atoms with Gasteiger partial charge in [-0.1, -0.05) is 6.07 Å². The summed E-state index contributed by atoms with van der Waals surface area (Å²) in [6.45, 7) is 0.549. The molecule has 2 aliphatic rings. The van der Waals surface area contributed by atoms with Gasteiger partial charge >= 0.3 is 0 Å². The number of carbonyl (C=O) groups excluding carboxylic acids is 1. The van der Waals surface area contributed by atoms with E-state index in [4.69, 9.17) is 0 Å². The summed E-state index contributed by atoms with van der Waals surface area (Å²) in [6, 6.07) is 8.25. The Morgan fingerprint density at radius 3 is 2.66 bits per heavy atom. The summed E-state index contributed by atoms with van der Waals surface area (Å²) in [7, 11) is 0. The van der Waals surface area contributed by atoms with E-state index in [1.807, 2.05) is 36.8 Å². The van der Waals surface area contributed by atoms with Crippen molar-refractivity contribution in [2.45, 2.75) is 62.8 Å². The van der Waals surface area contributed by atoms with Crippen LogP contribution in [0.1, 0.15) is 37.7 Å². The Kier molecular flexibility index (Phi) is 4.59. The molecule has 0 radical (unpaired) electrons. The molecule has 2 aliphatic heterocycles. The number of nitrogens with zero attached hydrogens (tertiary/aromatic N) is 4. The molecule has 3 aromatic heterocycles. The zero-order chi connectivity index (χ0) is 19.8. The first-order valence-corrected chi connectivity index (χ1v) is 10.4. The highest BCUT2D eigenvalue weighted by Crippen LogP contribution is 2.42. The van der Waals surface area contributed by atoms with Gasteiger partial charge in [-0.2, -0.15) is 0 Å². The van der Waals surface area contributed by atoms with Crippen molar-refractivity contribution in [2.24, 2.45) is 0 Å². The number of hydrogen-bond donors (Lipinski definition) is 1. The van der Waals surface area contributed by atoms with E-state index in [0.29, 0.717) is 25.8 Å². The zero-order valence-corrected chi connectivity index (χ0v) is 16.4. The largest absolute Gasteiger partial charge is 0.388 e. The molecule has 5 heterocycles. The van der Waals surface area contributed by atoms with E-state index in [-0.39, 0.29) is 18.0 Å². The summed E-state index contributed by atoms with van der Waals surface area (Å²) < 4.78 is 2.10. The van der Waals surface area contributed by atoms with Crippen molar-refractivity contribution in [1.29, 1.82) is 0 Å². The topological polar surface area (TPSA) is 71.2 Å². The summed E-state index contributed by atoms with van der Waals surface area (Å²) in [5.74, 6) is 0.207. The summed E-state index contributed by atoms with van der Waals surface area (Å²) in [4.78, 5) is 23.4. The van der Waals surface area contributed by atoms with E-state index in [1.54, 1.807) is 12.4 Å². The lowest BCUT2D eigenvalue weighted by molar-refractivity contribution is -0.142. The molecule has 6 heteroatoms. The van der Waals surface area contributed by atoms with Crippen LogP contribution in [0.2, 0.25) is 0 Å². The van der Waals surface area contributed by atoms with Crippen molar-refractivity contribution in [1.82, 2.24) is 19.4 Å². The second-order valence-electron chi connectivity index (χ2n) is 8.56. The molecule has 0 spiro atoms. The van der Waals surface area contributed by atoms with Gasteiger partial charge in [0.1, 0.15) is 0 Å². The molecule has 2 fully saturated rings. The number of aromatic nitrogens is 3. The lowest BCUT2D eigenvalue weighted by atomic mass is 9.85. The molecular formula is C23H26N4O2. The third-order valence-electron chi connectivity index (χ3n) is 6.53. The number of piperidine rings is 1. The van der Waals surface area contributed by atoms with Gasteiger partial charge in [0.15, 0.2) is 0 Å². The highest BCUT2D eigenvalue weighted by atomic mass is 16.3. The second-order valence-corrected chi connectivity index (χ2v) is 8.56. The van der Waals surface area contributed by atoms with Crippen LogP contribution in [-0.2, 0) is 17.8 Å². The maximum Gasteiger partial charge on any atom is 0.223 e. The number of fused-ring (bicyclic) bond motifs is 3. The number of amides is 1. The van der Waals surface area contributed by atoms with Crippen molar-refractivity contribution < 1.29 is 9.90 Å². The van der Waals surface area contributed by atoms with Crippen molar-refractivity contribution in [3.05, 3.63) is 60.8 Å². The summed E-state index contributed by atoms with van der Waals surface area (Å²) in [5, 5.41) is 12.5. The fourth-order valence-corrected chi connectivity index (χ4v) is 5.27. The Hall–Kier alpha value is -2.73. The molecule has 2 atom stereocenters. The lowest BCUT2D eigenvalue weighted by Crippen LogP contribution is -2.54. The molecule has 5 rings (SSSR count). The molecule has 6 nitrogen and oxygen atoms in total. The highest BCUT2D eigenvalue weighted by Gasteiger charge is 2.49. The van der Waals surface area contributed by atoms with E-state index in [2.05, 4.69) is 25.5 Å². The van der Waals surface area contributed by atoms with E-state index < -0.39 is 5.60 Å². The number of carbonyl (C=O) groups is 1. The van der Waals surface area contributed by atoms with Crippen molar-refractivity contribution in [3.8, 4) is 0 Å².